The van der Waals surface area contributed by atoms with Crippen LogP contribution in [0.3, 0.4) is 0 Å². The summed E-state index contributed by atoms with van der Waals surface area (Å²) in [5.41, 5.74) is 7.52. The zero-order valence-electron chi connectivity index (χ0n) is 11.6. The van der Waals surface area contributed by atoms with Gasteiger partial charge in [0.2, 0.25) is 11.8 Å². The van der Waals surface area contributed by atoms with Crippen LogP contribution in [0.25, 0.3) is 0 Å². The van der Waals surface area contributed by atoms with Crippen LogP contribution in [-0.4, -0.2) is 21.9 Å². The lowest BCUT2D eigenvalue weighted by Gasteiger charge is -2.04. The number of anilines is 2. The molecule has 0 radical (unpaired) electrons. The second kappa shape index (κ2) is 5.77. The van der Waals surface area contributed by atoms with Gasteiger partial charge in [-0.1, -0.05) is 5.10 Å². The molecule has 2 aromatic rings. The molecule has 1 fully saturated rings. The Balaban J connectivity index is 1.52. The van der Waals surface area contributed by atoms with E-state index in [9.17, 15) is 4.79 Å². The number of amides is 1. The highest BCUT2D eigenvalue weighted by atomic mass is 32.2. The summed E-state index contributed by atoms with van der Waals surface area (Å²) >= 11 is 1.44. The molecule has 6 nitrogen and oxygen atoms in total. The van der Waals surface area contributed by atoms with Gasteiger partial charge < -0.3 is 10.2 Å². The molecule has 0 aliphatic heterocycles. The molecule has 1 aromatic carbocycles. The minimum Gasteiger partial charge on any atom is -0.408 e. The maximum absolute atomic E-state index is 11.8. The Kier molecular flexibility index (Phi) is 3.83. The van der Waals surface area contributed by atoms with Crippen LogP contribution in [0, 0.1) is 6.92 Å². The summed E-state index contributed by atoms with van der Waals surface area (Å²) in [7, 11) is 0. The maximum Gasteiger partial charge on any atom is 0.322 e. The Morgan fingerprint density at radius 3 is 3.00 bits per heavy atom. The molecule has 0 bridgehead atoms. The summed E-state index contributed by atoms with van der Waals surface area (Å²) in [5, 5.41) is 10.4. The van der Waals surface area contributed by atoms with Crippen molar-refractivity contribution in [3.8, 4) is 0 Å². The van der Waals surface area contributed by atoms with Gasteiger partial charge in [0.1, 0.15) is 0 Å². The number of nitrogen functional groups attached to an aromatic ring is 1. The molecule has 0 unspecified atom stereocenters. The van der Waals surface area contributed by atoms with Crippen molar-refractivity contribution in [3.05, 3.63) is 29.7 Å². The molecule has 3 N–H and O–H groups in total. The number of rotatable bonds is 5. The molecular formula is C14H16N4O2S. The smallest absolute Gasteiger partial charge is 0.322 e. The van der Waals surface area contributed by atoms with Gasteiger partial charge in [0.25, 0.3) is 0 Å². The van der Waals surface area contributed by atoms with Gasteiger partial charge in [-0.15, -0.1) is 16.9 Å². The number of hydrogen-bond acceptors (Lipinski definition) is 6. The lowest BCUT2D eigenvalue weighted by molar-refractivity contribution is -0.113. The van der Waals surface area contributed by atoms with E-state index in [0.29, 0.717) is 11.8 Å². The van der Waals surface area contributed by atoms with Crippen LogP contribution in [-0.2, 0) is 4.79 Å². The highest BCUT2D eigenvalue weighted by Crippen LogP contribution is 2.39. The largest absolute Gasteiger partial charge is 0.408 e. The Morgan fingerprint density at radius 1 is 1.48 bits per heavy atom. The SMILES string of the molecule is Cc1cc(SCC(=O)Nc2nnc(C3CC3)o2)ccc1N. The number of thioether (sulfide) groups is 1. The van der Waals surface area contributed by atoms with Gasteiger partial charge in [-0.05, 0) is 43.5 Å². The van der Waals surface area contributed by atoms with Crippen LogP contribution in [0.1, 0.15) is 30.2 Å². The Bertz CT molecular complexity index is 667. The van der Waals surface area contributed by atoms with Gasteiger partial charge in [-0.25, -0.2) is 0 Å². The first-order valence-electron chi connectivity index (χ1n) is 6.74. The van der Waals surface area contributed by atoms with Crippen molar-refractivity contribution in [2.24, 2.45) is 0 Å². The molecule has 0 spiro atoms. The Hall–Kier alpha value is -2.02. The summed E-state index contributed by atoms with van der Waals surface area (Å²) < 4.78 is 5.39. The van der Waals surface area contributed by atoms with E-state index in [0.717, 1.165) is 29.0 Å². The Morgan fingerprint density at radius 2 is 2.29 bits per heavy atom. The number of carbonyl (C=O) groups excluding carboxylic acids is 1. The second-order valence-electron chi connectivity index (χ2n) is 5.07. The topological polar surface area (TPSA) is 94.0 Å². The quantitative estimate of drug-likeness (QED) is 0.651. The van der Waals surface area contributed by atoms with Gasteiger partial charge in [-0.2, -0.15) is 0 Å². The molecule has 7 heteroatoms. The molecular weight excluding hydrogens is 288 g/mol. The lowest BCUT2D eigenvalue weighted by Crippen LogP contribution is -2.14. The average molecular weight is 304 g/mol. The van der Waals surface area contributed by atoms with E-state index < -0.39 is 0 Å². The third-order valence-corrected chi connectivity index (χ3v) is 4.22. The van der Waals surface area contributed by atoms with Gasteiger partial charge >= 0.3 is 6.01 Å². The van der Waals surface area contributed by atoms with Crippen LogP contribution in [0.5, 0.6) is 0 Å². The number of nitrogens with one attached hydrogen (secondary N) is 1. The first-order valence-corrected chi connectivity index (χ1v) is 7.72. The van der Waals surface area contributed by atoms with Crippen molar-refractivity contribution in [2.75, 3.05) is 16.8 Å². The van der Waals surface area contributed by atoms with Crippen molar-refractivity contribution in [3.63, 3.8) is 0 Å². The van der Waals surface area contributed by atoms with E-state index >= 15 is 0 Å². The number of aryl methyl sites for hydroxylation is 1. The first kappa shape index (κ1) is 13.9. The summed E-state index contributed by atoms with van der Waals surface area (Å²) in [5.74, 6) is 1.12. The van der Waals surface area contributed by atoms with Crippen molar-refractivity contribution in [1.82, 2.24) is 10.2 Å². The standard InChI is InChI=1S/C14H16N4O2S/c1-8-6-10(4-5-11(8)15)21-7-12(19)16-14-18-17-13(20-14)9-2-3-9/h4-6,9H,2-3,7,15H2,1H3,(H,16,18,19). The molecule has 1 aromatic heterocycles. The normalized spacial score (nSPS) is 14.1. The molecule has 1 amide bonds. The molecule has 1 aliphatic rings. The fourth-order valence-electron chi connectivity index (χ4n) is 1.82. The number of carbonyl (C=O) groups is 1. The van der Waals surface area contributed by atoms with Gasteiger partial charge in [0.15, 0.2) is 0 Å². The van der Waals surface area contributed by atoms with Crippen LogP contribution < -0.4 is 11.1 Å². The second-order valence-corrected chi connectivity index (χ2v) is 6.12. The van der Waals surface area contributed by atoms with Gasteiger partial charge in [0, 0.05) is 16.5 Å². The fraction of sp³-hybridized carbons (Fsp3) is 0.357. The zero-order chi connectivity index (χ0) is 14.8. The number of nitrogens with zero attached hydrogens (tertiary/aromatic N) is 2. The van der Waals surface area contributed by atoms with Crippen LogP contribution in [0.4, 0.5) is 11.7 Å². The minimum absolute atomic E-state index is 0.166. The van der Waals surface area contributed by atoms with Crippen molar-refractivity contribution >= 4 is 29.4 Å². The number of nitrogens with two attached hydrogens (primary N) is 1. The molecule has 0 saturated heterocycles. The third kappa shape index (κ3) is 3.55. The van der Waals surface area contributed by atoms with Gasteiger partial charge in [-0.3, -0.25) is 10.1 Å². The highest BCUT2D eigenvalue weighted by molar-refractivity contribution is 8.00. The Labute approximate surface area is 126 Å². The summed E-state index contributed by atoms with van der Waals surface area (Å²) in [6.45, 7) is 1.94. The highest BCUT2D eigenvalue weighted by Gasteiger charge is 2.29. The number of benzene rings is 1. The van der Waals surface area contributed by atoms with E-state index in [1.165, 1.54) is 11.8 Å². The van der Waals surface area contributed by atoms with Crippen molar-refractivity contribution in [1.29, 1.82) is 0 Å². The van der Waals surface area contributed by atoms with E-state index in [1.54, 1.807) is 0 Å². The number of hydrogen-bond donors (Lipinski definition) is 2. The van der Waals surface area contributed by atoms with E-state index in [-0.39, 0.29) is 17.7 Å². The molecule has 3 rings (SSSR count). The van der Waals surface area contributed by atoms with E-state index in [4.69, 9.17) is 10.2 Å². The first-order chi connectivity index (χ1) is 10.1. The maximum atomic E-state index is 11.8. The molecule has 21 heavy (non-hydrogen) atoms. The molecule has 110 valence electrons. The van der Waals surface area contributed by atoms with E-state index in [2.05, 4.69) is 15.5 Å². The predicted octanol–water partition coefficient (Wildman–Crippen LogP) is 2.57. The third-order valence-electron chi connectivity index (χ3n) is 3.22. The molecule has 1 heterocycles. The van der Waals surface area contributed by atoms with E-state index in [1.807, 2.05) is 25.1 Å². The monoisotopic (exact) mass is 304 g/mol. The van der Waals surface area contributed by atoms with Crippen LogP contribution in [0.15, 0.2) is 27.5 Å². The fourth-order valence-corrected chi connectivity index (χ4v) is 2.62. The van der Waals surface area contributed by atoms with Crippen molar-refractivity contribution in [2.45, 2.75) is 30.6 Å². The molecule has 0 atom stereocenters. The van der Waals surface area contributed by atoms with Crippen molar-refractivity contribution < 1.29 is 9.21 Å². The lowest BCUT2D eigenvalue weighted by atomic mass is 10.2. The van der Waals surface area contributed by atoms with Crippen LogP contribution >= 0.6 is 11.8 Å². The number of aromatic nitrogens is 2. The predicted molar refractivity (Wildman–Crippen MR) is 81.2 cm³/mol. The average Bonchev–Trinajstić information content (AvgIpc) is 3.21. The molecule has 1 saturated carbocycles. The van der Waals surface area contributed by atoms with Crippen LogP contribution in [0.2, 0.25) is 0 Å². The van der Waals surface area contributed by atoms with Gasteiger partial charge in [0.05, 0.1) is 5.75 Å². The molecule has 1 aliphatic carbocycles. The zero-order valence-corrected chi connectivity index (χ0v) is 12.4. The summed E-state index contributed by atoms with van der Waals surface area (Å²) in [4.78, 5) is 12.8. The minimum atomic E-state index is -0.166. The summed E-state index contributed by atoms with van der Waals surface area (Å²) in [6.07, 6.45) is 2.17. The summed E-state index contributed by atoms with van der Waals surface area (Å²) in [6, 6.07) is 5.88.